The molecule has 0 aliphatic carbocycles. The molecule has 0 radical (unpaired) electrons. The zero-order chi connectivity index (χ0) is 14.1. The van der Waals surface area contributed by atoms with Crippen LogP contribution < -0.4 is 10.2 Å². The van der Waals surface area contributed by atoms with Crippen molar-refractivity contribution in [1.29, 1.82) is 0 Å². The van der Waals surface area contributed by atoms with Crippen molar-refractivity contribution in [3.8, 4) is 0 Å². The van der Waals surface area contributed by atoms with Crippen LogP contribution >= 0.6 is 0 Å². The lowest BCUT2D eigenvalue weighted by Crippen LogP contribution is -2.50. The van der Waals surface area contributed by atoms with Gasteiger partial charge in [-0.2, -0.15) is 0 Å². The maximum atomic E-state index is 11.9. The van der Waals surface area contributed by atoms with Gasteiger partial charge in [-0.15, -0.1) is 0 Å². The predicted octanol–water partition coefficient (Wildman–Crippen LogP) is 1.49. The number of fused-ring (bicyclic) bond motifs is 1. The number of hydrogen-bond acceptors (Lipinski definition) is 4. The Morgan fingerprint density at radius 2 is 1.95 bits per heavy atom. The number of imide groups is 1. The van der Waals surface area contributed by atoms with Crippen LogP contribution in [0.2, 0.25) is 0 Å². The number of amides is 3. The smallest absolute Gasteiger partial charge is 0.298 e. The van der Waals surface area contributed by atoms with Crippen LogP contribution in [0.3, 0.4) is 0 Å². The van der Waals surface area contributed by atoms with Crippen molar-refractivity contribution in [2.45, 2.75) is 6.42 Å². The van der Waals surface area contributed by atoms with E-state index in [1.165, 1.54) is 11.1 Å². The summed E-state index contributed by atoms with van der Waals surface area (Å²) in [6.07, 6.45) is 2.41. The topological polar surface area (TPSA) is 79.4 Å². The van der Waals surface area contributed by atoms with Gasteiger partial charge < -0.3 is 0 Å². The Labute approximate surface area is 114 Å². The van der Waals surface area contributed by atoms with E-state index in [1.54, 1.807) is 12.1 Å². The number of benzene rings is 1. The summed E-state index contributed by atoms with van der Waals surface area (Å²) in [5.74, 6) is 0.163. The molecule has 3 amide bonds. The van der Waals surface area contributed by atoms with E-state index in [0.717, 1.165) is 11.7 Å². The quantitative estimate of drug-likeness (QED) is 0.838. The number of carbonyl (C=O) groups excluding carboxylic acids is 3. The molecule has 0 atom stereocenters. The van der Waals surface area contributed by atoms with Gasteiger partial charge >= 0.3 is 6.03 Å². The Bertz CT molecular complexity index is 727. The molecule has 6 heteroatoms. The summed E-state index contributed by atoms with van der Waals surface area (Å²) in [7, 11) is 0. The molecule has 1 fully saturated rings. The van der Waals surface area contributed by atoms with Gasteiger partial charge in [0.05, 0.1) is 0 Å². The Balaban J connectivity index is 2.15. The normalized spacial score (nSPS) is 15.3. The van der Waals surface area contributed by atoms with Crippen molar-refractivity contribution in [2.24, 2.45) is 0 Å². The van der Waals surface area contributed by atoms with Crippen LogP contribution in [-0.4, -0.2) is 29.8 Å². The number of carbonyl (C=O) groups is 3. The molecule has 1 aromatic heterocycles. The van der Waals surface area contributed by atoms with Gasteiger partial charge in [0.15, 0.2) is 6.29 Å². The molecule has 20 heavy (non-hydrogen) atoms. The van der Waals surface area contributed by atoms with E-state index in [9.17, 15) is 14.4 Å². The van der Waals surface area contributed by atoms with Gasteiger partial charge in [0.25, 0.3) is 0 Å². The second kappa shape index (κ2) is 4.73. The second-order valence-electron chi connectivity index (χ2n) is 4.46. The van der Waals surface area contributed by atoms with E-state index < -0.39 is 6.03 Å². The molecule has 1 aliphatic rings. The molecular weight excluding hydrogens is 258 g/mol. The Hall–Kier alpha value is -2.76. The summed E-state index contributed by atoms with van der Waals surface area (Å²) in [4.78, 5) is 39.7. The molecule has 3 rings (SSSR count). The lowest BCUT2D eigenvalue weighted by Gasteiger charge is -2.26. The standard InChI is InChI=1S/C14H11N3O3/c18-8-9-7-15-13(11-4-2-1-3-10(9)11)17-6-5-12(19)16-14(17)20/h1-4,7-8H,5-6H2,(H,16,19,20). The van der Waals surface area contributed by atoms with E-state index in [1.807, 2.05) is 12.1 Å². The number of urea groups is 1. The van der Waals surface area contributed by atoms with Gasteiger partial charge in [-0.1, -0.05) is 24.3 Å². The van der Waals surface area contributed by atoms with E-state index in [-0.39, 0.29) is 18.9 Å². The number of aldehydes is 1. The zero-order valence-corrected chi connectivity index (χ0v) is 10.5. The highest BCUT2D eigenvalue weighted by atomic mass is 16.2. The number of anilines is 1. The Kier molecular flexibility index (Phi) is 2.90. The Morgan fingerprint density at radius 1 is 1.20 bits per heavy atom. The van der Waals surface area contributed by atoms with Gasteiger partial charge in [-0.25, -0.2) is 9.78 Å². The number of hydrogen-bond donors (Lipinski definition) is 1. The molecule has 0 spiro atoms. The molecule has 100 valence electrons. The first-order valence-corrected chi connectivity index (χ1v) is 6.15. The summed E-state index contributed by atoms with van der Waals surface area (Å²) in [5, 5.41) is 3.70. The van der Waals surface area contributed by atoms with Crippen molar-refractivity contribution < 1.29 is 14.4 Å². The average Bonchev–Trinajstić information content (AvgIpc) is 2.47. The SMILES string of the molecule is O=Cc1cnc(N2CCC(=O)NC2=O)c2ccccc12. The summed E-state index contributed by atoms with van der Waals surface area (Å²) in [6.45, 7) is 0.280. The van der Waals surface area contributed by atoms with Crippen LogP contribution in [0.25, 0.3) is 10.8 Å². The second-order valence-corrected chi connectivity index (χ2v) is 4.46. The first kappa shape index (κ1) is 12.3. The third-order valence-corrected chi connectivity index (χ3v) is 3.24. The molecule has 2 aromatic rings. The third-order valence-electron chi connectivity index (χ3n) is 3.24. The molecule has 1 N–H and O–H groups in total. The molecule has 0 saturated carbocycles. The van der Waals surface area contributed by atoms with E-state index in [4.69, 9.17) is 0 Å². The summed E-state index contributed by atoms with van der Waals surface area (Å²) in [6, 6.07) is 6.75. The van der Waals surface area contributed by atoms with Crippen molar-refractivity contribution in [1.82, 2.24) is 10.3 Å². The van der Waals surface area contributed by atoms with Crippen molar-refractivity contribution in [3.05, 3.63) is 36.0 Å². The monoisotopic (exact) mass is 269 g/mol. The van der Waals surface area contributed by atoms with Gasteiger partial charge in [-0.05, 0) is 5.39 Å². The van der Waals surface area contributed by atoms with Crippen LogP contribution in [0.4, 0.5) is 10.6 Å². The van der Waals surface area contributed by atoms with E-state index in [2.05, 4.69) is 10.3 Å². The molecule has 1 saturated heterocycles. The van der Waals surface area contributed by atoms with Crippen LogP contribution in [0.15, 0.2) is 30.5 Å². The molecule has 0 unspecified atom stereocenters. The summed E-state index contributed by atoms with van der Waals surface area (Å²) >= 11 is 0. The molecule has 0 bridgehead atoms. The summed E-state index contributed by atoms with van der Waals surface area (Å²) < 4.78 is 0. The highest BCUT2D eigenvalue weighted by molar-refractivity contribution is 6.10. The van der Waals surface area contributed by atoms with Crippen molar-refractivity contribution in [3.63, 3.8) is 0 Å². The number of nitrogens with zero attached hydrogens (tertiary/aromatic N) is 2. The maximum Gasteiger partial charge on any atom is 0.329 e. The fourth-order valence-electron chi connectivity index (χ4n) is 2.27. The fourth-order valence-corrected chi connectivity index (χ4v) is 2.27. The van der Waals surface area contributed by atoms with Gasteiger partial charge in [0.2, 0.25) is 5.91 Å². The molecule has 1 aromatic carbocycles. The van der Waals surface area contributed by atoms with Crippen LogP contribution in [0.5, 0.6) is 0 Å². The minimum absolute atomic E-state index is 0.233. The lowest BCUT2D eigenvalue weighted by molar-refractivity contribution is -0.120. The molecule has 2 heterocycles. The number of aromatic nitrogens is 1. The molecule has 6 nitrogen and oxygen atoms in total. The first-order valence-electron chi connectivity index (χ1n) is 6.15. The minimum Gasteiger partial charge on any atom is -0.298 e. The summed E-state index contributed by atoms with van der Waals surface area (Å²) in [5.41, 5.74) is 0.470. The lowest BCUT2D eigenvalue weighted by atomic mass is 10.1. The largest absolute Gasteiger partial charge is 0.329 e. The maximum absolute atomic E-state index is 11.9. The van der Waals surface area contributed by atoms with Gasteiger partial charge in [0, 0.05) is 30.1 Å². The van der Waals surface area contributed by atoms with Gasteiger partial charge in [-0.3, -0.25) is 19.8 Å². The van der Waals surface area contributed by atoms with Crippen molar-refractivity contribution >= 4 is 34.8 Å². The predicted molar refractivity (Wildman–Crippen MR) is 72.6 cm³/mol. The highest BCUT2D eigenvalue weighted by Crippen LogP contribution is 2.27. The van der Waals surface area contributed by atoms with Crippen molar-refractivity contribution in [2.75, 3.05) is 11.4 Å². The fraction of sp³-hybridized carbons (Fsp3) is 0.143. The van der Waals surface area contributed by atoms with Crippen LogP contribution in [-0.2, 0) is 4.79 Å². The molecule has 1 aliphatic heterocycles. The average molecular weight is 269 g/mol. The van der Waals surface area contributed by atoms with Gasteiger partial charge in [0.1, 0.15) is 5.82 Å². The number of pyridine rings is 1. The van der Waals surface area contributed by atoms with E-state index in [0.29, 0.717) is 16.8 Å². The third kappa shape index (κ3) is 1.91. The van der Waals surface area contributed by atoms with Crippen LogP contribution in [0.1, 0.15) is 16.8 Å². The zero-order valence-electron chi connectivity index (χ0n) is 10.5. The first-order chi connectivity index (χ1) is 9.70. The Morgan fingerprint density at radius 3 is 2.65 bits per heavy atom. The highest BCUT2D eigenvalue weighted by Gasteiger charge is 2.26. The van der Waals surface area contributed by atoms with E-state index >= 15 is 0 Å². The number of rotatable bonds is 2. The van der Waals surface area contributed by atoms with Crippen LogP contribution in [0, 0.1) is 0 Å². The number of nitrogens with one attached hydrogen (secondary N) is 1. The molecular formula is C14H11N3O3. The minimum atomic E-state index is -0.488.